The van der Waals surface area contributed by atoms with Crippen LogP contribution in [-0.2, 0) is 11.2 Å². The number of hydrogen-bond acceptors (Lipinski definition) is 2. The smallest absolute Gasteiger partial charge is 0.305 e. The number of carboxylic acids is 1. The number of nitrogens with zero attached hydrogens (tertiary/aromatic N) is 1. The van der Waals surface area contributed by atoms with Crippen molar-refractivity contribution in [3.63, 3.8) is 0 Å². The molecule has 0 aromatic heterocycles. The molecule has 5 heteroatoms. The van der Waals surface area contributed by atoms with Crippen LogP contribution in [0.5, 0.6) is 0 Å². The number of carbonyl (C=O) groups is 1. The van der Waals surface area contributed by atoms with E-state index in [0.29, 0.717) is 10.0 Å². The Morgan fingerprint density at radius 1 is 1.08 bits per heavy atom. The summed E-state index contributed by atoms with van der Waals surface area (Å²) in [4.78, 5) is 13.2. The van der Waals surface area contributed by atoms with E-state index in [1.165, 1.54) is 5.56 Å². The van der Waals surface area contributed by atoms with Gasteiger partial charge >= 0.3 is 5.97 Å². The van der Waals surface area contributed by atoms with Crippen LogP contribution in [0, 0.1) is 0 Å². The number of benzene rings is 2. The first kappa shape index (κ1) is 17.1. The van der Waals surface area contributed by atoms with Crippen molar-refractivity contribution >= 4 is 34.9 Å². The standard InChI is InChI=1S/C19H19Cl2NO2/c20-17-8-5-14(11-18(17)21)10-13-3-6-15(7-4-13)22-9-1-2-16(22)12-19(23)24/h3-8,11,16H,1-2,9-10,12H2,(H,23,24). The average Bonchev–Trinajstić information content (AvgIpc) is 2.99. The molecule has 1 aliphatic rings. The summed E-state index contributed by atoms with van der Waals surface area (Å²) in [6, 6.07) is 14.1. The lowest BCUT2D eigenvalue weighted by atomic mass is 10.0. The highest BCUT2D eigenvalue weighted by atomic mass is 35.5. The fourth-order valence-electron chi connectivity index (χ4n) is 3.28. The highest BCUT2D eigenvalue weighted by molar-refractivity contribution is 6.42. The Hall–Kier alpha value is -1.71. The van der Waals surface area contributed by atoms with Crippen LogP contribution in [0.3, 0.4) is 0 Å². The van der Waals surface area contributed by atoms with Gasteiger partial charge in [0.05, 0.1) is 16.5 Å². The van der Waals surface area contributed by atoms with Gasteiger partial charge in [-0.3, -0.25) is 4.79 Å². The molecular formula is C19H19Cl2NO2. The first-order valence-corrected chi connectivity index (χ1v) is 8.80. The Kier molecular flexibility index (Phi) is 5.32. The molecule has 126 valence electrons. The summed E-state index contributed by atoms with van der Waals surface area (Å²) in [5.74, 6) is -0.733. The Labute approximate surface area is 151 Å². The Bertz CT molecular complexity index is 731. The van der Waals surface area contributed by atoms with Gasteiger partial charge in [-0.05, 0) is 54.7 Å². The third-order valence-electron chi connectivity index (χ3n) is 4.45. The fourth-order valence-corrected chi connectivity index (χ4v) is 3.60. The quantitative estimate of drug-likeness (QED) is 0.809. The molecule has 1 heterocycles. The molecule has 0 bridgehead atoms. The third kappa shape index (κ3) is 4.03. The van der Waals surface area contributed by atoms with Crippen molar-refractivity contribution in [3.8, 4) is 0 Å². The number of hydrogen-bond donors (Lipinski definition) is 1. The van der Waals surface area contributed by atoms with E-state index >= 15 is 0 Å². The van der Waals surface area contributed by atoms with Crippen molar-refractivity contribution in [1.82, 2.24) is 0 Å². The first-order valence-electron chi connectivity index (χ1n) is 8.04. The summed E-state index contributed by atoms with van der Waals surface area (Å²) in [7, 11) is 0. The minimum absolute atomic E-state index is 0.100. The van der Waals surface area contributed by atoms with E-state index in [1.54, 1.807) is 0 Å². The minimum Gasteiger partial charge on any atom is -0.481 e. The molecule has 0 aliphatic carbocycles. The zero-order valence-electron chi connectivity index (χ0n) is 13.2. The normalized spacial score (nSPS) is 17.2. The van der Waals surface area contributed by atoms with Crippen molar-refractivity contribution in [1.29, 1.82) is 0 Å². The van der Waals surface area contributed by atoms with Gasteiger partial charge in [0, 0.05) is 18.3 Å². The second-order valence-electron chi connectivity index (χ2n) is 6.18. The Balaban J connectivity index is 1.70. The zero-order valence-corrected chi connectivity index (χ0v) is 14.7. The number of rotatable bonds is 5. The summed E-state index contributed by atoms with van der Waals surface area (Å²) >= 11 is 12.0. The molecule has 24 heavy (non-hydrogen) atoms. The van der Waals surface area contributed by atoms with E-state index in [4.69, 9.17) is 28.3 Å². The molecule has 1 unspecified atom stereocenters. The van der Waals surface area contributed by atoms with Crippen LogP contribution in [0.2, 0.25) is 10.0 Å². The van der Waals surface area contributed by atoms with Crippen LogP contribution in [0.1, 0.15) is 30.4 Å². The molecule has 1 atom stereocenters. The van der Waals surface area contributed by atoms with E-state index in [9.17, 15) is 4.79 Å². The maximum atomic E-state index is 11.0. The van der Waals surface area contributed by atoms with Crippen molar-refractivity contribution in [2.75, 3.05) is 11.4 Å². The number of aliphatic carboxylic acids is 1. The summed E-state index contributed by atoms with van der Waals surface area (Å²) in [6.07, 6.45) is 2.97. The lowest BCUT2D eigenvalue weighted by Crippen LogP contribution is -2.31. The molecule has 0 radical (unpaired) electrons. The molecule has 2 aromatic carbocycles. The van der Waals surface area contributed by atoms with Gasteiger partial charge in [0.1, 0.15) is 0 Å². The van der Waals surface area contributed by atoms with Crippen molar-refractivity contribution < 1.29 is 9.90 Å². The maximum absolute atomic E-state index is 11.0. The molecule has 1 aliphatic heterocycles. The minimum atomic E-state index is -0.733. The maximum Gasteiger partial charge on any atom is 0.305 e. The third-order valence-corrected chi connectivity index (χ3v) is 5.19. The zero-order chi connectivity index (χ0) is 17.1. The van der Waals surface area contributed by atoms with Crippen LogP contribution in [0.4, 0.5) is 5.69 Å². The van der Waals surface area contributed by atoms with Gasteiger partial charge < -0.3 is 10.0 Å². The van der Waals surface area contributed by atoms with E-state index in [0.717, 1.165) is 37.1 Å². The van der Waals surface area contributed by atoms with E-state index in [2.05, 4.69) is 29.2 Å². The SMILES string of the molecule is O=C(O)CC1CCCN1c1ccc(Cc2ccc(Cl)c(Cl)c2)cc1. The number of carboxylic acid groups (broad SMARTS) is 1. The summed E-state index contributed by atoms with van der Waals surface area (Å²) in [6.45, 7) is 0.921. The second kappa shape index (κ2) is 7.45. The lowest BCUT2D eigenvalue weighted by Gasteiger charge is -2.26. The molecule has 1 fully saturated rings. The van der Waals surface area contributed by atoms with Crippen LogP contribution >= 0.6 is 23.2 Å². The monoisotopic (exact) mass is 363 g/mol. The summed E-state index contributed by atoms with van der Waals surface area (Å²) < 4.78 is 0. The molecule has 0 saturated carbocycles. The Morgan fingerprint density at radius 2 is 1.79 bits per heavy atom. The summed E-state index contributed by atoms with van der Waals surface area (Å²) in [5, 5.41) is 10.2. The second-order valence-corrected chi connectivity index (χ2v) is 6.99. The predicted octanol–water partition coefficient (Wildman–Crippen LogP) is 5.03. The predicted molar refractivity (Wildman–Crippen MR) is 98.3 cm³/mol. The van der Waals surface area contributed by atoms with Gasteiger partial charge in [0.25, 0.3) is 0 Å². The molecule has 1 N–H and O–H groups in total. The fraction of sp³-hybridized carbons (Fsp3) is 0.316. The van der Waals surface area contributed by atoms with Crippen molar-refractivity contribution in [3.05, 3.63) is 63.6 Å². The van der Waals surface area contributed by atoms with Crippen LogP contribution < -0.4 is 4.90 Å². The van der Waals surface area contributed by atoms with Gasteiger partial charge in [-0.2, -0.15) is 0 Å². The van der Waals surface area contributed by atoms with Crippen LogP contribution in [0.25, 0.3) is 0 Å². The molecule has 1 saturated heterocycles. The van der Waals surface area contributed by atoms with Gasteiger partial charge in [-0.15, -0.1) is 0 Å². The molecule has 0 amide bonds. The van der Waals surface area contributed by atoms with E-state index in [1.807, 2.05) is 18.2 Å². The van der Waals surface area contributed by atoms with E-state index in [-0.39, 0.29) is 12.5 Å². The summed E-state index contributed by atoms with van der Waals surface area (Å²) in [5.41, 5.74) is 3.39. The van der Waals surface area contributed by atoms with Gasteiger partial charge in [-0.1, -0.05) is 41.4 Å². The average molecular weight is 364 g/mol. The highest BCUT2D eigenvalue weighted by Crippen LogP contribution is 2.28. The lowest BCUT2D eigenvalue weighted by molar-refractivity contribution is -0.137. The van der Waals surface area contributed by atoms with Crippen LogP contribution in [-0.4, -0.2) is 23.7 Å². The molecule has 0 spiro atoms. The van der Waals surface area contributed by atoms with Gasteiger partial charge in [0.2, 0.25) is 0 Å². The number of halogens is 2. The van der Waals surface area contributed by atoms with E-state index < -0.39 is 5.97 Å². The molecular weight excluding hydrogens is 345 g/mol. The highest BCUT2D eigenvalue weighted by Gasteiger charge is 2.26. The molecule has 3 nitrogen and oxygen atoms in total. The topological polar surface area (TPSA) is 40.5 Å². The van der Waals surface area contributed by atoms with Gasteiger partial charge in [-0.25, -0.2) is 0 Å². The first-order chi connectivity index (χ1) is 11.5. The Morgan fingerprint density at radius 3 is 2.46 bits per heavy atom. The molecule has 3 rings (SSSR count). The van der Waals surface area contributed by atoms with Crippen molar-refractivity contribution in [2.24, 2.45) is 0 Å². The number of anilines is 1. The van der Waals surface area contributed by atoms with Crippen LogP contribution in [0.15, 0.2) is 42.5 Å². The largest absolute Gasteiger partial charge is 0.481 e. The molecule has 2 aromatic rings. The van der Waals surface area contributed by atoms with Gasteiger partial charge in [0.15, 0.2) is 0 Å². The van der Waals surface area contributed by atoms with Crippen molar-refractivity contribution in [2.45, 2.75) is 31.7 Å².